The molecule has 3 rings (SSSR count). The Bertz CT molecular complexity index is 985. The molecule has 2 aromatic rings. The van der Waals surface area contributed by atoms with Crippen molar-refractivity contribution in [2.24, 2.45) is 5.92 Å². The third kappa shape index (κ3) is 5.32. The van der Waals surface area contributed by atoms with Gasteiger partial charge in [0.15, 0.2) is 4.34 Å². The molecule has 8 nitrogen and oxygen atoms in total. The van der Waals surface area contributed by atoms with Crippen LogP contribution in [0.2, 0.25) is 0 Å². The molecule has 1 aliphatic heterocycles. The van der Waals surface area contributed by atoms with Crippen LogP contribution in [0.25, 0.3) is 0 Å². The first-order valence-electron chi connectivity index (χ1n) is 9.81. The molecule has 0 unspecified atom stereocenters. The minimum absolute atomic E-state index is 0.0828. The summed E-state index contributed by atoms with van der Waals surface area (Å²) in [5.74, 6) is 1.25. The lowest BCUT2D eigenvalue weighted by molar-refractivity contribution is 0.102. The predicted octanol–water partition coefficient (Wildman–Crippen LogP) is 3.72. The van der Waals surface area contributed by atoms with E-state index in [4.69, 9.17) is 4.74 Å². The average Bonchev–Trinajstić information content (AvgIpc) is 3.19. The quantitative estimate of drug-likeness (QED) is 0.463. The van der Waals surface area contributed by atoms with Crippen LogP contribution < -0.4 is 10.1 Å². The van der Waals surface area contributed by atoms with E-state index < -0.39 is 15.9 Å². The number of amides is 1. The SMILES string of the molecule is CCCSc1nnc(NC(=O)c2cc(S(=O)(=O)N3CCC(C)CC3)ccc2OC)s1. The molecule has 1 fully saturated rings. The fourth-order valence-corrected chi connectivity index (χ4v) is 6.24. The van der Waals surface area contributed by atoms with Gasteiger partial charge in [0.25, 0.3) is 5.91 Å². The molecule has 11 heteroatoms. The van der Waals surface area contributed by atoms with Gasteiger partial charge in [0.1, 0.15) is 5.75 Å². The summed E-state index contributed by atoms with van der Waals surface area (Å²) in [4.78, 5) is 12.9. The van der Waals surface area contributed by atoms with E-state index in [-0.39, 0.29) is 10.5 Å². The molecule has 164 valence electrons. The summed E-state index contributed by atoms with van der Waals surface area (Å²) >= 11 is 2.86. The van der Waals surface area contributed by atoms with Crippen molar-refractivity contribution in [3.8, 4) is 5.75 Å². The summed E-state index contributed by atoms with van der Waals surface area (Å²) in [5, 5.41) is 11.1. The van der Waals surface area contributed by atoms with E-state index >= 15 is 0 Å². The maximum absolute atomic E-state index is 13.1. The first kappa shape index (κ1) is 23.0. The van der Waals surface area contributed by atoms with Crippen LogP contribution in [0.15, 0.2) is 27.4 Å². The lowest BCUT2D eigenvalue weighted by Crippen LogP contribution is -2.37. The third-order valence-corrected chi connectivity index (χ3v) is 8.93. The van der Waals surface area contributed by atoms with E-state index in [1.807, 2.05) is 0 Å². The summed E-state index contributed by atoms with van der Waals surface area (Å²) in [6.07, 6.45) is 2.68. The van der Waals surface area contributed by atoms with Crippen LogP contribution in [0.4, 0.5) is 5.13 Å². The van der Waals surface area contributed by atoms with E-state index in [2.05, 4.69) is 29.4 Å². The topological polar surface area (TPSA) is 101 Å². The number of hydrogen-bond acceptors (Lipinski definition) is 8. The molecule has 0 radical (unpaired) electrons. The monoisotopic (exact) mass is 470 g/mol. The van der Waals surface area contributed by atoms with Gasteiger partial charge >= 0.3 is 0 Å². The first-order chi connectivity index (χ1) is 14.3. The molecular weight excluding hydrogens is 444 g/mol. The van der Waals surface area contributed by atoms with Crippen molar-refractivity contribution in [1.29, 1.82) is 0 Å². The largest absolute Gasteiger partial charge is 0.496 e. The van der Waals surface area contributed by atoms with Gasteiger partial charge in [-0.05, 0) is 43.4 Å². The van der Waals surface area contributed by atoms with E-state index in [9.17, 15) is 13.2 Å². The molecule has 0 atom stereocenters. The summed E-state index contributed by atoms with van der Waals surface area (Å²) in [6.45, 7) is 5.17. The first-order valence-corrected chi connectivity index (χ1v) is 13.0. The minimum Gasteiger partial charge on any atom is -0.496 e. The standard InChI is InChI=1S/C19H26N4O4S3/c1-4-11-28-19-22-21-18(29-19)20-17(24)15-12-14(5-6-16(15)27-3)30(25,26)23-9-7-13(2)8-10-23/h5-6,12-13H,4,7-11H2,1-3H3,(H,20,21,24). The van der Waals surface area contributed by atoms with Crippen LogP contribution in [0.5, 0.6) is 5.75 Å². The molecule has 30 heavy (non-hydrogen) atoms. The fraction of sp³-hybridized carbons (Fsp3) is 0.526. The Morgan fingerprint density at radius 1 is 1.33 bits per heavy atom. The van der Waals surface area contributed by atoms with Gasteiger partial charge in [-0.25, -0.2) is 8.42 Å². The van der Waals surface area contributed by atoms with Crippen molar-refractivity contribution >= 4 is 44.2 Å². The van der Waals surface area contributed by atoms with Crippen LogP contribution in [0.1, 0.15) is 43.5 Å². The minimum atomic E-state index is -3.68. The highest BCUT2D eigenvalue weighted by Crippen LogP contribution is 2.30. The molecule has 0 bridgehead atoms. The molecule has 1 N–H and O–H groups in total. The number of sulfonamides is 1. The van der Waals surface area contributed by atoms with Gasteiger partial charge in [-0.15, -0.1) is 10.2 Å². The fourth-order valence-electron chi connectivity index (χ4n) is 3.07. The zero-order chi connectivity index (χ0) is 21.7. The number of benzene rings is 1. The zero-order valence-electron chi connectivity index (χ0n) is 17.3. The number of carbonyl (C=O) groups excluding carboxylic acids is 1. The van der Waals surface area contributed by atoms with Gasteiger partial charge in [-0.3, -0.25) is 10.1 Å². The Morgan fingerprint density at radius 2 is 2.07 bits per heavy atom. The van der Waals surface area contributed by atoms with Gasteiger partial charge < -0.3 is 4.74 Å². The highest BCUT2D eigenvalue weighted by molar-refractivity contribution is 8.01. The summed E-state index contributed by atoms with van der Waals surface area (Å²) in [6, 6.07) is 4.36. The van der Waals surface area contributed by atoms with Gasteiger partial charge in [0.05, 0.1) is 17.6 Å². The Kier molecular flexibility index (Phi) is 7.72. The van der Waals surface area contributed by atoms with E-state index in [0.29, 0.717) is 29.9 Å². The molecule has 1 aromatic heterocycles. The Hall–Kier alpha value is -1.69. The highest BCUT2D eigenvalue weighted by Gasteiger charge is 2.29. The molecule has 0 aliphatic carbocycles. The molecule has 1 saturated heterocycles. The molecule has 1 amide bonds. The van der Waals surface area contributed by atoms with Crippen LogP contribution in [0, 0.1) is 5.92 Å². The summed E-state index contributed by atoms with van der Waals surface area (Å²) in [7, 11) is -2.24. The normalized spacial score (nSPS) is 15.8. The van der Waals surface area contributed by atoms with Gasteiger partial charge in [-0.2, -0.15) is 4.31 Å². The van der Waals surface area contributed by atoms with Crippen molar-refractivity contribution in [1.82, 2.24) is 14.5 Å². The molecule has 0 spiro atoms. The number of anilines is 1. The van der Waals surface area contributed by atoms with Gasteiger partial charge in [0, 0.05) is 18.8 Å². The van der Waals surface area contributed by atoms with Crippen molar-refractivity contribution in [2.75, 3.05) is 31.3 Å². The Morgan fingerprint density at radius 3 is 2.73 bits per heavy atom. The maximum Gasteiger partial charge on any atom is 0.261 e. The van der Waals surface area contributed by atoms with E-state index in [1.54, 1.807) is 11.8 Å². The van der Waals surface area contributed by atoms with Crippen LogP contribution in [-0.2, 0) is 10.0 Å². The average molecular weight is 471 g/mol. The Balaban J connectivity index is 1.82. The van der Waals surface area contributed by atoms with Crippen molar-refractivity contribution in [3.05, 3.63) is 23.8 Å². The number of carbonyl (C=O) groups is 1. The highest BCUT2D eigenvalue weighted by atomic mass is 32.2. The maximum atomic E-state index is 13.1. The van der Waals surface area contributed by atoms with Crippen molar-refractivity contribution < 1.29 is 17.9 Å². The molecule has 1 aromatic carbocycles. The van der Waals surface area contributed by atoms with Gasteiger partial charge in [0.2, 0.25) is 15.2 Å². The lowest BCUT2D eigenvalue weighted by atomic mass is 10.0. The lowest BCUT2D eigenvalue weighted by Gasteiger charge is -2.29. The van der Waals surface area contributed by atoms with E-state index in [0.717, 1.165) is 29.4 Å². The predicted molar refractivity (Wildman–Crippen MR) is 119 cm³/mol. The zero-order valence-corrected chi connectivity index (χ0v) is 19.7. The smallest absolute Gasteiger partial charge is 0.261 e. The molecule has 0 saturated carbocycles. The summed E-state index contributed by atoms with van der Waals surface area (Å²) in [5.41, 5.74) is 0.141. The number of ether oxygens (including phenoxy) is 1. The number of rotatable bonds is 8. The number of nitrogens with one attached hydrogen (secondary N) is 1. The van der Waals surface area contributed by atoms with Crippen molar-refractivity contribution in [3.63, 3.8) is 0 Å². The second kappa shape index (κ2) is 10.1. The summed E-state index contributed by atoms with van der Waals surface area (Å²) < 4.78 is 33.7. The second-order valence-corrected chi connectivity index (χ2v) is 11.4. The van der Waals surface area contributed by atoms with Crippen LogP contribution >= 0.6 is 23.1 Å². The number of nitrogens with zero attached hydrogens (tertiary/aromatic N) is 3. The number of aromatic nitrogens is 2. The molecule has 1 aliphatic rings. The number of thioether (sulfide) groups is 1. The van der Waals surface area contributed by atoms with E-state index in [1.165, 1.54) is 41.0 Å². The number of methoxy groups -OCH3 is 1. The molecular formula is C19H26N4O4S3. The number of piperidine rings is 1. The van der Waals surface area contributed by atoms with Crippen molar-refractivity contribution in [2.45, 2.75) is 42.3 Å². The van der Waals surface area contributed by atoms with Gasteiger partial charge in [-0.1, -0.05) is 36.9 Å². The third-order valence-electron chi connectivity index (χ3n) is 4.85. The van der Waals surface area contributed by atoms with Crippen LogP contribution in [-0.4, -0.2) is 54.8 Å². The number of hydrogen-bond donors (Lipinski definition) is 1. The Labute approximate surface area is 185 Å². The van der Waals surface area contributed by atoms with Crippen LogP contribution in [0.3, 0.4) is 0 Å². The molecule has 2 heterocycles. The second-order valence-electron chi connectivity index (χ2n) is 7.12.